The van der Waals surface area contributed by atoms with E-state index >= 15 is 0 Å². The first kappa shape index (κ1) is 21.3. The molecule has 0 spiro atoms. The van der Waals surface area contributed by atoms with Crippen LogP contribution in [0.25, 0.3) is 0 Å². The van der Waals surface area contributed by atoms with Gasteiger partial charge in [0.15, 0.2) is 0 Å². The number of carbonyl (C=O) groups is 2. The smallest absolute Gasteiger partial charge is 0.255 e. The Labute approximate surface area is 178 Å². The number of rotatable bonds is 8. The Hall–Kier alpha value is -3.40. The SMILES string of the molecule is CCN(Cc1cccc(NC(=O)c2ccccc2CCc2ccccc2)c1)C(C)=O. The van der Waals surface area contributed by atoms with E-state index < -0.39 is 0 Å². The summed E-state index contributed by atoms with van der Waals surface area (Å²) in [4.78, 5) is 26.4. The predicted molar refractivity (Wildman–Crippen MR) is 121 cm³/mol. The standard InChI is InChI=1S/C26H28N2O2/c1-3-28(20(2)29)19-22-12-9-14-24(18-22)27-26(30)25-15-8-7-13-23(25)17-16-21-10-5-4-6-11-21/h4-15,18H,3,16-17,19H2,1-2H3,(H,27,30). The van der Waals surface area contributed by atoms with Crippen molar-refractivity contribution in [1.29, 1.82) is 0 Å². The average molecular weight is 401 g/mol. The second-order valence-electron chi connectivity index (χ2n) is 7.33. The summed E-state index contributed by atoms with van der Waals surface area (Å²) in [6, 6.07) is 25.7. The highest BCUT2D eigenvalue weighted by Gasteiger charge is 2.12. The fourth-order valence-corrected chi connectivity index (χ4v) is 3.50. The molecule has 0 atom stereocenters. The summed E-state index contributed by atoms with van der Waals surface area (Å²) in [6.45, 7) is 4.71. The number of hydrogen-bond donors (Lipinski definition) is 1. The van der Waals surface area contributed by atoms with Crippen LogP contribution in [0.2, 0.25) is 0 Å². The highest BCUT2D eigenvalue weighted by molar-refractivity contribution is 6.05. The summed E-state index contributed by atoms with van der Waals surface area (Å²) in [6.07, 6.45) is 1.69. The molecule has 3 aromatic rings. The van der Waals surface area contributed by atoms with Crippen molar-refractivity contribution >= 4 is 17.5 Å². The Bertz CT molecular complexity index is 999. The van der Waals surface area contributed by atoms with E-state index in [-0.39, 0.29) is 11.8 Å². The molecule has 0 unspecified atom stereocenters. The molecular weight excluding hydrogens is 372 g/mol. The third kappa shape index (κ3) is 5.80. The van der Waals surface area contributed by atoms with E-state index in [2.05, 4.69) is 17.4 Å². The van der Waals surface area contributed by atoms with E-state index in [0.29, 0.717) is 18.7 Å². The predicted octanol–water partition coefficient (Wildman–Crippen LogP) is 5.09. The summed E-state index contributed by atoms with van der Waals surface area (Å²) in [5, 5.41) is 3.02. The van der Waals surface area contributed by atoms with Gasteiger partial charge in [0, 0.05) is 31.3 Å². The Morgan fingerprint density at radius 2 is 1.53 bits per heavy atom. The maximum atomic E-state index is 13.0. The zero-order valence-corrected chi connectivity index (χ0v) is 17.6. The number of anilines is 1. The highest BCUT2D eigenvalue weighted by Crippen LogP contribution is 2.17. The van der Waals surface area contributed by atoms with Crippen LogP contribution < -0.4 is 5.32 Å². The molecule has 154 valence electrons. The monoisotopic (exact) mass is 400 g/mol. The Morgan fingerprint density at radius 1 is 0.833 bits per heavy atom. The van der Waals surface area contributed by atoms with E-state index in [9.17, 15) is 9.59 Å². The second-order valence-corrected chi connectivity index (χ2v) is 7.33. The maximum absolute atomic E-state index is 13.0. The molecule has 0 aliphatic heterocycles. The van der Waals surface area contributed by atoms with E-state index in [1.165, 1.54) is 5.56 Å². The van der Waals surface area contributed by atoms with Crippen LogP contribution in [0.4, 0.5) is 5.69 Å². The summed E-state index contributed by atoms with van der Waals surface area (Å²) in [5.41, 5.74) is 4.70. The Morgan fingerprint density at radius 3 is 2.27 bits per heavy atom. The van der Waals surface area contributed by atoms with Crippen LogP contribution in [-0.2, 0) is 24.2 Å². The topological polar surface area (TPSA) is 49.4 Å². The summed E-state index contributed by atoms with van der Waals surface area (Å²) in [5.74, 6) is -0.0750. The number of amides is 2. The lowest BCUT2D eigenvalue weighted by Gasteiger charge is -2.19. The van der Waals surface area contributed by atoms with Gasteiger partial charge in [-0.15, -0.1) is 0 Å². The first-order valence-electron chi connectivity index (χ1n) is 10.3. The van der Waals surface area contributed by atoms with E-state index in [0.717, 1.165) is 29.7 Å². The van der Waals surface area contributed by atoms with Crippen molar-refractivity contribution in [2.75, 3.05) is 11.9 Å². The number of benzene rings is 3. The molecule has 0 saturated carbocycles. The Balaban J connectivity index is 1.70. The molecule has 0 saturated heterocycles. The van der Waals surface area contributed by atoms with Gasteiger partial charge in [0.25, 0.3) is 5.91 Å². The molecule has 0 radical (unpaired) electrons. The molecule has 0 heterocycles. The van der Waals surface area contributed by atoms with Crippen LogP contribution in [0.5, 0.6) is 0 Å². The summed E-state index contributed by atoms with van der Waals surface area (Å²) >= 11 is 0. The van der Waals surface area contributed by atoms with Gasteiger partial charge >= 0.3 is 0 Å². The largest absolute Gasteiger partial charge is 0.339 e. The molecule has 30 heavy (non-hydrogen) atoms. The molecule has 0 aromatic heterocycles. The minimum Gasteiger partial charge on any atom is -0.339 e. The van der Waals surface area contributed by atoms with Crippen LogP contribution in [-0.4, -0.2) is 23.3 Å². The lowest BCUT2D eigenvalue weighted by atomic mass is 9.99. The highest BCUT2D eigenvalue weighted by atomic mass is 16.2. The van der Waals surface area contributed by atoms with Crippen molar-refractivity contribution in [2.24, 2.45) is 0 Å². The minimum atomic E-state index is -0.116. The number of hydrogen-bond acceptors (Lipinski definition) is 2. The zero-order chi connectivity index (χ0) is 21.3. The summed E-state index contributed by atoms with van der Waals surface area (Å²) in [7, 11) is 0. The molecule has 0 fully saturated rings. The lowest BCUT2D eigenvalue weighted by Crippen LogP contribution is -2.27. The molecule has 0 aliphatic rings. The minimum absolute atomic E-state index is 0.0410. The normalized spacial score (nSPS) is 10.5. The molecule has 3 aromatic carbocycles. The van der Waals surface area contributed by atoms with Crippen molar-refractivity contribution in [3.63, 3.8) is 0 Å². The molecular formula is C26H28N2O2. The van der Waals surface area contributed by atoms with Crippen LogP contribution in [0.15, 0.2) is 78.9 Å². The molecule has 2 amide bonds. The fraction of sp³-hybridized carbons (Fsp3) is 0.231. The first-order valence-corrected chi connectivity index (χ1v) is 10.3. The Kier molecular flexibility index (Phi) is 7.39. The third-order valence-corrected chi connectivity index (χ3v) is 5.17. The van der Waals surface area contributed by atoms with Crippen molar-refractivity contribution < 1.29 is 9.59 Å². The van der Waals surface area contributed by atoms with Gasteiger partial charge < -0.3 is 10.2 Å². The van der Waals surface area contributed by atoms with Crippen LogP contribution in [0.1, 0.15) is 40.9 Å². The zero-order valence-electron chi connectivity index (χ0n) is 17.6. The molecule has 3 rings (SSSR count). The van der Waals surface area contributed by atoms with E-state index in [4.69, 9.17) is 0 Å². The van der Waals surface area contributed by atoms with Gasteiger partial charge in [-0.25, -0.2) is 0 Å². The number of carbonyl (C=O) groups excluding carboxylic acids is 2. The van der Waals surface area contributed by atoms with Gasteiger partial charge in [-0.2, -0.15) is 0 Å². The van der Waals surface area contributed by atoms with Crippen molar-refractivity contribution in [3.8, 4) is 0 Å². The number of nitrogens with one attached hydrogen (secondary N) is 1. The van der Waals surface area contributed by atoms with Gasteiger partial charge in [-0.3, -0.25) is 9.59 Å². The van der Waals surface area contributed by atoms with Gasteiger partial charge in [-0.1, -0.05) is 60.7 Å². The maximum Gasteiger partial charge on any atom is 0.255 e. The summed E-state index contributed by atoms with van der Waals surface area (Å²) < 4.78 is 0. The average Bonchev–Trinajstić information content (AvgIpc) is 2.77. The second kappa shape index (κ2) is 10.4. The van der Waals surface area contributed by atoms with Crippen LogP contribution in [0.3, 0.4) is 0 Å². The van der Waals surface area contributed by atoms with Crippen molar-refractivity contribution in [3.05, 3.63) is 101 Å². The van der Waals surface area contributed by atoms with Gasteiger partial charge in [-0.05, 0) is 54.7 Å². The van der Waals surface area contributed by atoms with Gasteiger partial charge in [0.2, 0.25) is 5.91 Å². The molecule has 1 N–H and O–H groups in total. The van der Waals surface area contributed by atoms with Crippen molar-refractivity contribution in [1.82, 2.24) is 4.90 Å². The van der Waals surface area contributed by atoms with Crippen LogP contribution in [0, 0.1) is 0 Å². The number of nitrogens with zero attached hydrogens (tertiary/aromatic N) is 1. The van der Waals surface area contributed by atoms with E-state index in [1.807, 2.05) is 73.7 Å². The molecule has 4 heteroatoms. The van der Waals surface area contributed by atoms with Crippen molar-refractivity contribution in [2.45, 2.75) is 33.2 Å². The van der Waals surface area contributed by atoms with Crippen LogP contribution >= 0.6 is 0 Å². The van der Waals surface area contributed by atoms with Gasteiger partial charge in [0.05, 0.1) is 0 Å². The number of aryl methyl sites for hydroxylation is 2. The molecule has 4 nitrogen and oxygen atoms in total. The molecule has 0 aliphatic carbocycles. The first-order chi connectivity index (χ1) is 14.6. The van der Waals surface area contributed by atoms with Gasteiger partial charge in [0.1, 0.15) is 0 Å². The fourth-order valence-electron chi connectivity index (χ4n) is 3.50. The lowest BCUT2D eigenvalue weighted by molar-refractivity contribution is -0.129. The quantitative estimate of drug-likeness (QED) is 0.572. The third-order valence-electron chi connectivity index (χ3n) is 5.17. The van der Waals surface area contributed by atoms with E-state index in [1.54, 1.807) is 11.8 Å². The molecule has 0 bridgehead atoms.